The van der Waals surface area contributed by atoms with Crippen molar-refractivity contribution in [1.29, 1.82) is 0 Å². The van der Waals surface area contributed by atoms with Gasteiger partial charge in [0.25, 0.3) is 0 Å². The van der Waals surface area contributed by atoms with Crippen LogP contribution in [-0.2, 0) is 19.1 Å². The molecule has 0 saturated heterocycles. The number of allylic oxidation sites excluding steroid dienone is 4. The summed E-state index contributed by atoms with van der Waals surface area (Å²) in [6.07, 6.45) is 14.1. The number of aromatic amines is 2. The molecule has 3 aliphatic heterocycles. The molecule has 276 valence electrons. The van der Waals surface area contributed by atoms with Gasteiger partial charge in [-0.3, -0.25) is 14.6 Å². The highest BCUT2D eigenvalue weighted by atomic mass is 16.5. The lowest BCUT2D eigenvalue weighted by atomic mass is 9.89. The summed E-state index contributed by atoms with van der Waals surface area (Å²) < 4.78 is 22.2. The van der Waals surface area contributed by atoms with Gasteiger partial charge in [-0.05, 0) is 117 Å². The van der Waals surface area contributed by atoms with E-state index in [1.165, 1.54) is 0 Å². The second-order valence-electron chi connectivity index (χ2n) is 13.1. The summed E-state index contributed by atoms with van der Waals surface area (Å²) in [6.45, 7) is 5.18. The van der Waals surface area contributed by atoms with Crippen LogP contribution in [0.4, 0.5) is 0 Å². The van der Waals surface area contributed by atoms with E-state index in [1.807, 2.05) is 55.5 Å². The van der Waals surface area contributed by atoms with Crippen molar-refractivity contribution >= 4 is 35.0 Å². The molecule has 0 spiro atoms. The number of carbonyl (C=O) groups excluding carboxylic acids is 2. The topological polar surface area (TPSA) is 127 Å². The third-order valence-corrected chi connectivity index (χ3v) is 9.21. The predicted molar refractivity (Wildman–Crippen MR) is 209 cm³/mol. The molecule has 7 rings (SSSR count). The molecule has 2 aromatic heterocycles. The smallest absolute Gasteiger partial charge is 0.305 e. The average molecular weight is 725 g/mol. The lowest BCUT2D eigenvalue weighted by molar-refractivity contribution is -0.144. The first-order valence-electron chi connectivity index (χ1n) is 18.6. The number of aliphatic imine (C=N–C) groups is 2. The summed E-state index contributed by atoms with van der Waals surface area (Å²) in [5.74, 6) is 0.923. The maximum absolute atomic E-state index is 11.8. The fourth-order valence-electron chi connectivity index (χ4n) is 6.80. The molecule has 4 aromatic rings. The molecule has 0 amide bonds. The second-order valence-corrected chi connectivity index (χ2v) is 13.1. The van der Waals surface area contributed by atoms with E-state index in [4.69, 9.17) is 28.9 Å². The molecule has 5 heterocycles. The molecular formula is C44H44N4O6. The van der Waals surface area contributed by atoms with E-state index < -0.39 is 0 Å². The van der Waals surface area contributed by atoms with Crippen LogP contribution in [-0.4, -0.2) is 65.8 Å². The highest BCUT2D eigenvalue weighted by Gasteiger charge is 2.27. The van der Waals surface area contributed by atoms with Crippen molar-refractivity contribution in [3.8, 4) is 11.5 Å². The summed E-state index contributed by atoms with van der Waals surface area (Å²) >= 11 is 0. The molecule has 0 saturated carbocycles. The molecule has 2 unspecified atom stereocenters. The molecule has 10 nitrogen and oxygen atoms in total. The summed E-state index contributed by atoms with van der Waals surface area (Å²) in [4.78, 5) is 41.1. The Morgan fingerprint density at radius 2 is 1.50 bits per heavy atom. The normalized spacial score (nSPS) is 17.0. The van der Waals surface area contributed by atoms with Crippen LogP contribution in [0.25, 0.3) is 11.6 Å². The van der Waals surface area contributed by atoms with Crippen molar-refractivity contribution < 1.29 is 28.5 Å². The quantitative estimate of drug-likeness (QED) is 0.117. The van der Waals surface area contributed by atoms with Gasteiger partial charge < -0.3 is 28.9 Å². The minimum absolute atomic E-state index is 0.104. The molecule has 2 N–H and O–H groups in total. The predicted octanol–water partition coefficient (Wildman–Crippen LogP) is 6.23. The van der Waals surface area contributed by atoms with Gasteiger partial charge in [-0.15, -0.1) is 0 Å². The fraction of sp³-hybridized carbons (Fsp3) is 0.273. The zero-order valence-corrected chi connectivity index (χ0v) is 30.5. The van der Waals surface area contributed by atoms with Gasteiger partial charge in [-0.2, -0.15) is 0 Å². The number of fused-ring (bicyclic) bond motifs is 6. The first-order valence-corrected chi connectivity index (χ1v) is 18.6. The number of hydrogen-bond acceptors (Lipinski definition) is 8. The van der Waals surface area contributed by atoms with Gasteiger partial charge in [0.05, 0.1) is 55.5 Å². The fourth-order valence-corrected chi connectivity index (χ4v) is 6.80. The van der Waals surface area contributed by atoms with Gasteiger partial charge in [0, 0.05) is 40.5 Å². The molecule has 10 heteroatoms. The highest BCUT2D eigenvalue weighted by molar-refractivity contribution is 6.30. The standard InChI is InChI=1S/C44H44N4O6/c1-3-51-41(49)13-7-23-53-35-11-5-9-29(25-35)43-37-19-15-31(45-37)27-33-17-21-39(47-33)44(40-22-18-34(48-40)28-32-16-20-38(43)46-32)30-10-6-12-36(26-30)54-24-8-14-42(50)52-4-2/h5-6,9-12,15-22,25-28,37,43,46,48H,3-4,7-8,13-14,23-24H2,1-2H3. The van der Waals surface area contributed by atoms with E-state index >= 15 is 0 Å². The van der Waals surface area contributed by atoms with Gasteiger partial charge in [0.2, 0.25) is 0 Å². The van der Waals surface area contributed by atoms with Crippen LogP contribution in [0, 0.1) is 0 Å². The number of nitrogens with one attached hydrogen (secondary N) is 2. The number of hydrogen-bond donors (Lipinski definition) is 2. The highest BCUT2D eigenvalue weighted by Crippen LogP contribution is 2.34. The SMILES string of the molecule is CCOC(=O)CCCOc1cccc(C2=c3ccc([nH]3)=Cc3ccc([nH]3)C(c3cccc(OCCCC(=O)OCC)c3)C3C=CC(=N3)C=C3C=CC2=N3)c1. The lowest BCUT2D eigenvalue weighted by Gasteiger charge is -2.21. The number of esters is 2. The molecular weight excluding hydrogens is 681 g/mol. The Bertz CT molecular complexity index is 2290. The van der Waals surface area contributed by atoms with Crippen LogP contribution in [0.2, 0.25) is 0 Å². The summed E-state index contributed by atoms with van der Waals surface area (Å²) in [5.41, 5.74) is 7.40. The summed E-state index contributed by atoms with van der Waals surface area (Å²) in [6, 6.07) is 24.2. The zero-order valence-electron chi connectivity index (χ0n) is 30.5. The third kappa shape index (κ3) is 8.89. The Morgan fingerprint density at radius 1 is 0.759 bits per heavy atom. The minimum Gasteiger partial charge on any atom is -0.494 e. The maximum Gasteiger partial charge on any atom is 0.305 e. The monoisotopic (exact) mass is 724 g/mol. The molecule has 2 atom stereocenters. The number of aromatic nitrogens is 2. The van der Waals surface area contributed by atoms with E-state index in [2.05, 4.69) is 70.7 Å². The van der Waals surface area contributed by atoms with Gasteiger partial charge in [0.1, 0.15) is 11.5 Å². The molecule has 2 aromatic carbocycles. The largest absolute Gasteiger partial charge is 0.494 e. The van der Waals surface area contributed by atoms with Gasteiger partial charge in [0.15, 0.2) is 0 Å². The van der Waals surface area contributed by atoms with E-state index in [1.54, 1.807) is 6.92 Å². The van der Waals surface area contributed by atoms with Crippen molar-refractivity contribution in [3.05, 3.63) is 142 Å². The van der Waals surface area contributed by atoms with E-state index in [0.29, 0.717) is 57.9 Å². The van der Waals surface area contributed by atoms with Crippen LogP contribution in [0.15, 0.2) is 119 Å². The number of benzene rings is 2. The van der Waals surface area contributed by atoms with Crippen molar-refractivity contribution in [2.24, 2.45) is 9.98 Å². The van der Waals surface area contributed by atoms with Crippen LogP contribution in [0.1, 0.15) is 68.0 Å². The Balaban J connectivity index is 1.20. The van der Waals surface area contributed by atoms with Crippen molar-refractivity contribution in [2.45, 2.75) is 51.5 Å². The van der Waals surface area contributed by atoms with E-state index in [0.717, 1.165) is 61.7 Å². The Morgan fingerprint density at radius 3 is 2.26 bits per heavy atom. The van der Waals surface area contributed by atoms with Gasteiger partial charge in [-0.25, -0.2) is 4.99 Å². The van der Waals surface area contributed by atoms with Crippen molar-refractivity contribution in [3.63, 3.8) is 0 Å². The van der Waals surface area contributed by atoms with Crippen LogP contribution in [0.3, 0.4) is 0 Å². The Labute approximate surface area is 314 Å². The van der Waals surface area contributed by atoms with Crippen molar-refractivity contribution in [1.82, 2.24) is 9.97 Å². The third-order valence-electron chi connectivity index (χ3n) is 9.21. The Kier molecular flexibility index (Phi) is 11.5. The molecule has 8 bridgehead atoms. The molecule has 3 aliphatic rings. The number of H-pyrrole nitrogens is 2. The van der Waals surface area contributed by atoms with Crippen LogP contribution in [0.5, 0.6) is 11.5 Å². The average Bonchev–Trinajstić information content (AvgIpc) is 4.00. The maximum atomic E-state index is 11.8. The van der Waals surface area contributed by atoms with Gasteiger partial charge in [-0.1, -0.05) is 30.3 Å². The molecule has 54 heavy (non-hydrogen) atoms. The number of nitrogens with zero attached hydrogens (tertiary/aromatic N) is 2. The second kappa shape index (κ2) is 17.1. The van der Waals surface area contributed by atoms with Crippen LogP contribution < -0.4 is 20.2 Å². The molecule has 0 radical (unpaired) electrons. The summed E-state index contributed by atoms with van der Waals surface area (Å²) in [5, 5.41) is 1.85. The number of rotatable bonds is 14. The lowest BCUT2D eigenvalue weighted by Crippen LogP contribution is -2.18. The minimum atomic E-state index is -0.215. The molecule has 0 fully saturated rings. The number of carbonyl (C=O) groups is 2. The number of ether oxygens (including phenoxy) is 4. The van der Waals surface area contributed by atoms with E-state index in [9.17, 15) is 9.59 Å². The first-order chi connectivity index (χ1) is 26.4. The molecule has 0 aliphatic carbocycles. The Hall–Kier alpha value is -6.16. The van der Waals surface area contributed by atoms with Gasteiger partial charge >= 0.3 is 11.9 Å². The van der Waals surface area contributed by atoms with E-state index in [-0.39, 0.29) is 23.9 Å². The summed E-state index contributed by atoms with van der Waals surface area (Å²) in [7, 11) is 0. The van der Waals surface area contributed by atoms with Crippen molar-refractivity contribution in [2.75, 3.05) is 26.4 Å². The zero-order chi connectivity index (χ0) is 37.3. The first kappa shape index (κ1) is 36.2. The van der Waals surface area contributed by atoms with Crippen LogP contribution >= 0.6 is 0 Å².